The van der Waals surface area contributed by atoms with Crippen molar-refractivity contribution in [1.82, 2.24) is 10.4 Å². The minimum absolute atomic E-state index is 0.160. The zero-order valence-corrected chi connectivity index (χ0v) is 16.8. The Morgan fingerprint density at radius 3 is 2.13 bits per heavy atom. The second-order valence-corrected chi connectivity index (χ2v) is 9.70. The fourth-order valence-corrected chi connectivity index (χ4v) is 6.95. The normalized spacial score (nSPS) is 30.7. The summed E-state index contributed by atoms with van der Waals surface area (Å²) in [5.74, 6) is 0.119. The first-order chi connectivity index (χ1) is 14.9. The Morgan fingerprint density at radius 2 is 1.55 bits per heavy atom. The Bertz CT molecular complexity index is 1150. The van der Waals surface area contributed by atoms with Gasteiger partial charge in [-0.25, -0.2) is 0 Å². The first-order valence-electron chi connectivity index (χ1n) is 10.8. The van der Waals surface area contributed by atoms with E-state index in [4.69, 9.17) is 0 Å². The molecular weight excluding hydrogens is 398 g/mol. The first kappa shape index (κ1) is 18.5. The lowest BCUT2D eigenvalue weighted by Crippen LogP contribution is -2.59. The molecule has 1 heterocycles. The van der Waals surface area contributed by atoms with Crippen molar-refractivity contribution >= 4 is 34.2 Å². The van der Waals surface area contributed by atoms with Gasteiger partial charge in [0.25, 0.3) is 17.5 Å². The monoisotopic (exact) mass is 419 g/mol. The highest BCUT2D eigenvalue weighted by atomic mass is 16.6. The van der Waals surface area contributed by atoms with Gasteiger partial charge in [0, 0.05) is 11.5 Å². The molecule has 4 aliphatic carbocycles. The first-order valence-corrected chi connectivity index (χ1v) is 10.8. The van der Waals surface area contributed by atoms with E-state index in [9.17, 15) is 24.5 Å². The zero-order valence-electron chi connectivity index (χ0n) is 16.8. The lowest BCUT2D eigenvalue weighted by molar-refractivity contribution is -0.383. The molecule has 5 aliphatic rings. The number of nitro benzene ring substituents is 1. The van der Waals surface area contributed by atoms with Crippen LogP contribution in [0.1, 0.15) is 59.2 Å². The van der Waals surface area contributed by atoms with Gasteiger partial charge >= 0.3 is 0 Å². The molecule has 4 bridgehead atoms. The highest BCUT2D eigenvalue weighted by Gasteiger charge is 2.55. The number of amides is 3. The quantitative estimate of drug-likeness (QED) is 0.464. The SMILES string of the molecule is O=C1c2cccc3c([N+](=O)[O-])ccc(c23)C(=O)N1NC(=O)C12CC3CC(CC(C3)C1)C2. The topological polar surface area (TPSA) is 110 Å². The maximum Gasteiger partial charge on any atom is 0.280 e. The van der Waals surface area contributed by atoms with Crippen LogP contribution in [0.15, 0.2) is 30.3 Å². The summed E-state index contributed by atoms with van der Waals surface area (Å²) >= 11 is 0. The van der Waals surface area contributed by atoms with Crippen LogP contribution in [0.25, 0.3) is 10.8 Å². The minimum atomic E-state index is -0.651. The van der Waals surface area contributed by atoms with Gasteiger partial charge in [-0.15, -0.1) is 0 Å². The van der Waals surface area contributed by atoms with Gasteiger partial charge in [-0.05, 0) is 74.5 Å². The number of imide groups is 1. The van der Waals surface area contributed by atoms with Gasteiger partial charge in [0.15, 0.2) is 0 Å². The maximum atomic E-state index is 13.4. The zero-order chi connectivity index (χ0) is 21.5. The number of hydrogen-bond acceptors (Lipinski definition) is 5. The van der Waals surface area contributed by atoms with Crippen LogP contribution >= 0.6 is 0 Å². The van der Waals surface area contributed by atoms with Crippen molar-refractivity contribution in [3.05, 3.63) is 51.6 Å². The average Bonchev–Trinajstić information content (AvgIpc) is 2.73. The molecule has 31 heavy (non-hydrogen) atoms. The van der Waals surface area contributed by atoms with Gasteiger partial charge < -0.3 is 0 Å². The van der Waals surface area contributed by atoms with Crippen LogP contribution in [-0.2, 0) is 4.79 Å². The Morgan fingerprint density at radius 1 is 0.968 bits per heavy atom. The molecule has 0 spiro atoms. The predicted molar refractivity (Wildman–Crippen MR) is 110 cm³/mol. The lowest BCUT2D eigenvalue weighted by atomic mass is 9.49. The third kappa shape index (κ3) is 2.50. The number of nitro groups is 1. The van der Waals surface area contributed by atoms with Gasteiger partial charge in [-0.1, -0.05) is 6.07 Å². The molecular formula is C23H21N3O5. The Balaban J connectivity index is 1.36. The Labute approximate surface area is 177 Å². The van der Waals surface area contributed by atoms with Crippen molar-refractivity contribution in [2.75, 3.05) is 0 Å². The second kappa shape index (κ2) is 6.12. The van der Waals surface area contributed by atoms with Gasteiger partial charge in [0.2, 0.25) is 5.91 Å². The number of non-ortho nitro benzene ring substituents is 1. The summed E-state index contributed by atoms with van der Waals surface area (Å²) in [5.41, 5.74) is 2.36. The highest BCUT2D eigenvalue weighted by molar-refractivity contribution is 6.26. The highest BCUT2D eigenvalue weighted by Crippen LogP contribution is 2.60. The Kier molecular flexibility index (Phi) is 3.65. The van der Waals surface area contributed by atoms with E-state index in [-0.39, 0.29) is 33.5 Å². The van der Waals surface area contributed by atoms with Gasteiger partial charge in [-0.3, -0.25) is 29.9 Å². The van der Waals surface area contributed by atoms with Crippen LogP contribution in [0.5, 0.6) is 0 Å². The number of nitrogens with zero attached hydrogens (tertiary/aromatic N) is 2. The third-order valence-electron chi connectivity index (χ3n) is 7.81. The average molecular weight is 419 g/mol. The number of benzene rings is 2. The number of carbonyl (C=O) groups is 3. The molecule has 2 aromatic rings. The fourth-order valence-electron chi connectivity index (χ4n) is 6.95. The van der Waals surface area contributed by atoms with Crippen LogP contribution in [0.3, 0.4) is 0 Å². The summed E-state index contributed by atoms with van der Waals surface area (Å²) in [5, 5.41) is 12.7. The molecule has 0 unspecified atom stereocenters. The molecule has 0 saturated heterocycles. The van der Waals surface area contributed by atoms with E-state index in [1.165, 1.54) is 43.5 Å². The third-order valence-corrected chi connectivity index (χ3v) is 7.81. The Hall–Kier alpha value is -3.29. The number of nitrogens with one attached hydrogen (secondary N) is 1. The van der Waals surface area contributed by atoms with E-state index in [1.807, 2.05) is 0 Å². The summed E-state index contributed by atoms with van der Waals surface area (Å²) in [6.07, 6.45) is 6.00. The summed E-state index contributed by atoms with van der Waals surface area (Å²) < 4.78 is 0. The summed E-state index contributed by atoms with van der Waals surface area (Å²) in [6, 6.07) is 7.26. The number of rotatable bonds is 3. The van der Waals surface area contributed by atoms with E-state index < -0.39 is 22.2 Å². The molecule has 0 aromatic heterocycles. The molecule has 1 aliphatic heterocycles. The molecule has 4 fully saturated rings. The molecule has 0 radical (unpaired) electrons. The van der Waals surface area contributed by atoms with Crippen molar-refractivity contribution in [3.63, 3.8) is 0 Å². The van der Waals surface area contributed by atoms with E-state index in [2.05, 4.69) is 5.43 Å². The van der Waals surface area contributed by atoms with E-state index in [0.29, 0.717) is 17.8 Å². The standard InChI is InChI=1S/C23H21N3O5/c27-20-16-3-1-2-15-18(26(30)31)5-4-17(19(15)16)21(28)25(20)24-22(29)23-9-12-6-13(10-23)8-14(7-12)11-23/h1-5,12-14H,6-11H2,(H,24,29). The fraction of sp³-hybridized carbons (Fsp3) is 0.435. The number of hydrogen-bond donors (Lipinski definition) is 1. The van der Waals surface area contributed by atoms with Gasteiger partial charge in [0.05, 0.1) is 26.9 Å². The van der Waals surface area contributed by atoms with E-state index in [1.54, 1.807) is 6.07 Å². The molecule has 3 amide bonds. The van der Waals surface area contributed by atoms with Gasteiger partial charge in [-0.2, -0.15) is 5.01 Å². The number of carbonyl (C=O) groups excluding carboxylic acids is 3. The van der Waals surface area contributed by atoms with Crippen molar-refractivity contribution in [2.24, 2.45) is 23.2 Å². The second-order valence-electron chi connectivity index (χ2n) is 9.70. The van der Waals surface area contributed by atoms with E-state index in [0.717, 1.165) is 24.3 Å². The number of hydrazine groups is 1. The summed E-state index contributed by atoms with van der Waals surface area (Å²) in [6.45, 7) is 0. The van der Waals surface area contributed by atoms with Crippen molar-refractivity contribution in [2.45, 2.75) is 38.5 Å². The molecule has 4 saturated carbocycles. The van der Waals surface area contributed by atoms with Crippen molar-refractivity contribution in [3.8, 4) is 0 Å². The molecule has 7 rings (SSSR count). The van der Waals surface area contributed by atoms with Crippen molar-refractivity contribution < 1.29 is 19.3 Å². The molecule has 1 N–H and O–H groups in total. The largest absolute Gasteiger partial charge is 0.280 e. The summed E-state index contributed by atoms with van der Waals surface area (Å²) in [7, 11) is 0. The lowest BCUT2D eigenvalue weighted by Gasteiger charge is -2.55. The van der Waals surface area contributed by atoms with Crippen molar-refractivity contribution in [1.29, 1.82) is 0 Å². The molecule has 8 nitrogen and oxygen atoms in total. The summed E-state index contributed by atoms with van der Waals surface area (Å²) in [4.78, 5) is 50.6. The maximum absolute atomic E-state index is 13.4. The van der Waals surface area contributed by atoms with Crippen LogP contribution < -0.4 is 5.43 Å². The predicted octanol–water partition coefficient (Wildman–Crippen LogP) is 3.59. The van der Waals surface area contributed by atoms with E-state index >= 15 is 0 Å². The van der Waals surface area contributed by atoms with Crippen LogP contribution in [0, 0.1) is 33.3 Å². The van der Waals surface area contributed by atoms with Crippen LogP contribution in [-0.4, -0.2) is 27.7 Å². The van der Waals surface area contributed by atoms with Crippen LogP contribution in [0.2, 0.25) is 0 Å². The van der Waals surface area contributed by atoms with Crippen LogP contribution in [0.4, 0.5) is 5.69 Å². The smallest absolute Gasteiger partial charge is 0.273 e. The molecule has 0 atom stereocenters. The molecule has 8 heteroatoms. The minimum Gasteiger partial charge on any atom is -0.273 e. The van der Waals surface area contributed by atoms with Gasteiger partial charge in [0.1, 0.15) is 0 Å². The molecule has 158 valence electrons. The molecule has 2 aromatic carbocycles.